The molecular formula is C15H21NO. The van der Waals surface area contributed by atoms with Crippen molar-refractivity contribution in [1.29, 1.82) is 0 Å². The van der Waals surface area contributed by atoms with Crippen LogP contribution in [-0.2, 0) is 13.0 Å². The van der Waals surface area contributed by atoms with Crippen molar-refractivity contribution in [3.63, 3.8) is 0 Å². The lowest BCUT2D eigenvalue weighted by Gasteiger charge is -2.26. The third kappa shape index (κ3) is 2.47. The molecule has 1 saturated carbocycles. The summed E-state index contributed by atoms with van der Waals surface area (Å²) in [5.74, 6) is 1.15. The minimum atomic E-state index is 0.463. The van der Waals surface area contributed by atoms with Crippen LogP contribution in [0.15, 0.2) is 18.2 Å². The van der Waals surface area contributed by atoms with Gasteiger partial charge in [0.1, 0.15) is 5.75 Å². The molecule has 0 atom stereocenters. The maximum Gasteiger partial charge on any atom is 0.123 e. The van der Waals surface area contributed by atoms with E-state index in [0.717, 1.165) is 25.3 Å². The predicted molar refractivity (Wildman–Crippen MR) is 69.4 cm³/mol. The quantitative estimate of drug-likeness (QED) is 0.844. The molecule has 2 aliphatic rings. The van der Waals surface area contributed by atoms with E-state index in [9.17, 15) is 0 Å². The molecule has 3 rings (SSSR count). The van der Waals surface area contributed by atoms with Crippen LogP contribution in [0.4, 0.5) is 0 Å². The van der Waals surface area contributed by atoms with Gasteiger partial charge in [-0.25, -0.2) is 0 Å². The zero-order chi connectivity index (χ0) is 11.5. The molecule has 1 aromatic carbocycles. The molecule has 0 spiro atoms. The standard InChI is InChI=1S/C15H21NO/c1-2-6-13(7-3-1)17-15-8-4-5-12-11-16-10-9-14(12)15/h4-5,8,13,16H,1-3,6-7,9-11H2. The van der Waals surface area contributed by atoms with E-state index in [1.54, 1.807) is 0 Å². The molecule has 0 unspecified atom stereocenters. The van der Waals surface area contributed by atoms with Gasteiger partial charge < -0.3 is 10.1 Å². The number of benzene rings is 1. The van der Waals surface area contributed by atoms with E-state index in [0.29, 0.717) is 6.10 Å². The molecule has 1 N–H and O–H groups in total. The van der Waals surface area contributed by atoms with Gasteiger partial charge in [0.15, 0.2) is 0 Å². The van der Waals surface area contributed by atoms with Crippen molar-refractivity contribution in [3.05, 3.63) is 29.3 Å². The second-order valence-corrected chi connectivity index (χ2v) is 5.20. The maximum atomic E-state index is 6.23. The Morgan fingerprint density at radius 3 is 2.88 bits per heavy atom. The van der Waals surface area contributed by atoms with Gasteiger partial charge in [-0.1, -0.05) is 18.6 Å². The lowest BCUT2D eigenvalue weighted by Crippen LogP contribution is -2.26. The highest BCUT2D eigenvalue weighted by Crippen LogP contribution is 2.29. The molecule has 0 bridgehead atoms. The van der Waals surface area contributed by atoms with Crippen LogP contribution in [0, 0.1) is 0 Å². The molecule has 1 aliphatic carbocycles. The molecule has 2 heteroatoms. The van der Waals surface area contributed by atoms with Crippen molar-refractivity contribution < 1.29 is 4.74 Å². The van der Waals surface area contributed by atoms with Crippen molar-refractivity contribution in [2.24, 2.45) is 0 Å². The summed E-state index contributed by atoms with van der Waals surface area (Å²) in [6.07, 6.45) is 8.10. The van der Waals surface area contributed by atoms with Crippen LogP contribution < -0.4 is 10.1 Å². The first kappa shape index (κ1) is 11.1. The second-order valence-electron chi connectivity index (χ2n) is 5.20. The molecule has 0 saturated heterocycles. The molecule has 1 fully saturated rings. The first-order valence-corrected chi connectivity index (χ1v) is 6.91. The molecule has 0 amide bonds. The van der Waals surface area contributed by atoms with Gasteiger partial charge in [-0.15, -0.1) is 0 Å². The van der Waals surface area contributed by atoms with Crippen LogP contribution in [0.3, 0.4) is 0 Å². The summed E-state index contributed by atoms with van der Waals surface area (Å²) < 4.78 is 6.23. The number of nitrogens with one attached hydrogen (secondary N) is 1. The van der Waals surface area contributed by atoms with Gasteiger partial charge in [-0.05, 0) is 55.8 Å². The summed E-state index contributed by atoms with van der Waals surface area (Å²) in [6.45, 7) is 2.08. The number of fused-ring (bicyclic) bond motifs is 1. The van der Waals surface area contributed by atoms with Gasteiger partial charge in [0.25, 0.3) is 0 Å². The second kappa shape index (κ2) is 5.09. The number of hydrogen-bond donors (Lipinski definition) is 1. The van der Waals surface area contributed by atoms with Crippen molar-refractivity contribution in [3.8, 4) is 5.75 Å². The largest absolute Gasteiger partial charge is 0.490 e. The van der Waals surface area contributed by atoms with Crippen LogP contribution in [0.5, 0.6) is 5.75 Å². The Kier molecular flexibility index (Phi) is 3.32. The molecule has 2 nitrogen and oxygen atoms in total. The number of ether oxygens (including phenoxy) is 1. The normalized spacial score (nSPS) is 20.9. The highest BCUT2D eigenvalue weighted by molar-refractivity contribution is 5.41. The molecular weight excluding hydrogens is 210 g/mol. The first-order chi connectivity index (χ1) is 8.43. The Morgan fingerprint density at radius 1 is 1.12 bits per heavy atom. The van der Waals surface area contributed by atoms with Gasteiger partial charge in [0.05, 0.1) is 6.10 Å². The zero-order valence-corrected chi connectivity index (χ0v) is 10.4. The van der Waals surface area contributed by atoms with Crippen LogP contribution in [0.1, 0.15) is 43.2 Å². The maximum absolute atomic E-state index is 6.23. The fourth-order valence-corrected chi connectivity index (χ4v) is 2.97. The van der Waals surface area contributed by atoms with Gasteiger partial charge in [0, 0.05) is 6.54 Å². The average molecular weight is 231 g/mol. The van der Waals surface area contributed by atoms with Gasteiger partial charge >= 0.3 is 0 Å². The zero-order valence-electron chi connectivity index (χ0n) is 10.4. The van der Waals surface area contributed by atoms with Gasteiger partial charge in [-0.2, -0.15) is 0 Å². The summed E-state index contributed by atoms with van der Waals surface area (Å²) in [5.41, 5.74) is 2.86. The highest BCUT2D eigenvalue weighted by Gasteiger charge is 2.18. The predicted octanol–water partition coefficient (Wildman–Crippen LogP) is 3.04. The Hall–Kier alpha value is -1.02. The smallest absolute Gasteiger partial charge is 0.123 e. The van der Waals surface area contributed by atoms with E-state index in [1.807, 2.05) is 0 Å². The fraction of sp³-hybridized carbons (Fsp3) is 0.600. The van der Waals surface area contributed by atoms with E-state index in [4.69, 9.17) is 4.74 Å². The molecule has 17 heavy (non-hydrogen) atoms. The van der Waals surface area contributed by atoms with Crippen LogP contribution in [-0.4, -0.2) is 12.6 Å². The monoisotopic (exact) mass is 231 g/mol. The molecule has 1 aliphatic heterocycles. The van der Waals surface area contributed by atoms with Crippen molar-refractivity contribution >= 4 is 0 Å². The van der Waals surface area contributed by atoms with Crippen LogP contribution in [0.25, 0.3) is 0 Å². The summed E-state index contributed by atoms with van der Waals surface area (Å²) in [4.78, 5) is 0. The van der Waals surface area contributed by atoms with Crippen molar-refractivity contribution in [2.75, 3.05) is 6.54 Å². The SMILES string of the molecule is c1cc2c(c(OC3CCCCC3)c1)CCNC2. The summed E-state index contributed by atoms with van der Waals surface area (Å²) in [7, 11) is 0. The topological polar surface area (TPSA) is 21.3 Å². The van der Waals surface area contributed by atoms with Crippen molar-refractivity contribution in [2.45, 2.75) is 51.2 Å². The van der Waals surface area contributed by atoms with Gasteiger partial charge in [-0.3, -0.25) is 0 Å². The van der Waals surface area contributed by atoms with E-state index < -0.39 is 0 Å². The Balaban J connectivity index is 1.77. The highest BCUT2D eigenvalue weighted by atomic mass is 16.5. The lowest BCUT2D eigenvalue weighted by atomic mass is 9.96. The minimum absolute atomic E-state index is 0.463. The summed E-state index contributed by atoms with van der Waals surface area (Å²) in [6, 6.07) is 6.50. The third-order valence-electron chi connectivity index (χ3n) is 3.94. The van der Waals surface area contributed by atoms with Crippen LogP contribution in [0.2, 0.25) is 0 Å². The molecule has 92 valence electrons. The van der Waals surface area contributed by atoms with Crippen molar-refractivity contribution in [1.82, 2.24) is 5.32 Å². The molecule has 0 aromatic heterocycles. The average Bonchev–Trinajstić information content (AvgIpc) is 2.40. The van der Waals surface area contributed by atoms with Crippen LogP contribution >= 0.6 is 0 Å². The molecule has 1 aromatic rings. The van der Waals surface area contributed by atoms with E-state index in [2.05, 4.69) is 23.5 Å². The number of hydrogen-bond acceptors (Lipinski definition) is 2. The molecule has 1 heterocycles. The fourth-order valence-electron chi connectivity index (χ4n) is 2.97. The van der Waals surface area contributed by atoms with Gasteiger partial charge in [0.2, 0.25) is 0 Å². The first-order valence-electron chi connectivity index (χ1n) is 6.91. The summed E-state index contributed by atoms with van der Waals surface area (Å²) in [5, 5.41) is 3.42. The lowest BCUT2D eigenvalue weighted by molar-refractivity contribution is 0.153. The minimum Gasteiger partial charge on any atom is -0.490 e. The van der Waals surface area contributed by atoms with E-state index >= 15 is 0 Å². The summed E-state index contributed by atoms with van der Waals surface area (Å²) >= 11 is 0. The van der Waals surface area contributed by atoms with E-state index in [-0.39, 0.29) is 0 Å². The third-order valence-corrected chi connectivity index (χ3v) is 3.94. The molecule has 0 radical (unpaired) electrons. The van der Waals surface area contributed by atoms with E-state index in [1.165, 1.54) is 43.2 Å². The Bertz CT molecular complexity index is 383. The Labute approximate surface area is 103 Å². The Morgan fingerprint density at radius 2 is 2.00 bits per heavy atom. The number of rotatable bonds is 2.